The smallest absolute Gasteiger partial charge is 0.216 e. The largest absolute Gasteiger partial charge is 0.454 e. The Morgan fingerprint density at radius 1 is 0.629 bits per heavy atom. The normalized spacial score (nSPS) is 11.4. The highest BCUT2D eigenvalue weighted by Crippen LogP contribution is 2.41. The van der Waals surface area contributed by atoms with Gasteiger partial charge in [-0.3, -0.25) is 0 Å². The Morgan fingerprint density at radius 3 is 2.03 bits per heavy atom. The van der Waals surface area contributed by atoms with Crippen LogP contribution in [0.3, 0.4) is 0 Å². The molecule has 35 heavy (non-hydrogen) atoms. The molecule has 4 aromatic carbocycles. The van der Waals surface area contributed by atoms with E-state index < -0.39 is 0 Å². The molecule has 0 N–H and O–H groups in total. The SMILES string of the molecule is Cc1ccccc1-c1ccc(-c2c(F)ccc3c2oc2c(-c4cccc[n+]4C)c(C)ccc23)cc1. The topological polar surface area (TPSA) is 17.0 Å². The molecule has 170 valence electrons. The summed E-state index contributed by atoms with van der Waals surface area (Å²) in [5.41, 5.74) is 9.35. The highest BCUT2D eigenvalue weighted by Gasteiger charge is 2.22. The number of aromatic nitrogens is 1. The molecule has 6 aromatic rings. The van der Waals surface area contributed by atoms with E-state index in [4.69, 9.17) is 4.42 Å². The van der Waals surface area contributed by atoms with E-state index in [0.29, 0.717) is 11.1 Å². The Bertz CT molecular complexity index is 1730. The van der Waals surface area contributed by atoms with Gasteiger partial charge in [0.2, 0.25) is 5.69 Å². The van der Waals surface area contributed by atoms with Gasteiger partial charge in [-0.2, -0.15) is 0 Å². The van der Waals surface area contributed by atoms with Crippen molar-refractivity contribution in [3.8, 4) is 33.5 Å². The molecule has 2 aromatic heterocycles. The van der Waals surface area contributed by atoms with Crippen molar-refractivity contribution in [1.29, 1.82) is 0 Å². The van der Waals surface area contributed by atoms with Gasteiger partial charge >= 0.3 is 0 Å². The zero-order valence-corrected chi connectivity index (χ0v) is 20.0. The van der Waals surface area contributed by atoms with Crippen LogP contribution in [0.2, 0.25) is 0 Å². The third-order valence-corrected chi connectivity index (χ3v) is 6.91. The minimum Gasteiger partial charge on any atom is -0.454 e. The van der Waals surface area contributed by atoms with E-state index in [1.807, 2.05) is 55.7 Å². The maximum atomic E-state index is 15.3. The average Bonchev–Trinajstić information content (AvgIpc) is 3.23. The fraction of sp³-hybridized carbons (Fsp3) is 0.0938. The molecular formula is C32H25FNO+. The average molecular weight is 459 g/mol. The summed E-state index contributed by atoms with van der Waals surface area (Å²) in [4.78, 5) is 0. The molecule has 0 aliphatic carbocycles. The second kappa shape index (κ2) is 8.21. The highest BCUT2D eigenvalue weighted by molar-refractivity contribution is 6.13. The second-order valence-corrected chi connectivity index (χ2v) is 9.12. The zero-order chi connectivity index (χ0) is 24.1. The quantitative estimate of drug-likeness (QED) is 0.244. The van der Waals surface area contributed by atoms with Crippen LogP contribution in [-0.4, -0.2) is 0 Å². The first-order valence-corrected chi connectivity index (χ1v) is 11.8. The molecule has 3 heteroatoms. The summed E-state index contributed by atoms with van der Waals surface area (Å²) in [5.74, 6) is -0.288. The Balaban J connectivity index is 1.58. The van der Waals surface area contributed by atoms with Gasteiger partial charge in [-0.1, -0.05) is 60.7 Å². The maximum Gasteiger partial charge on any atom is 0.216 e. The lowest BCUT2D eigenvalue weighted by Crippen LogP contribution is -2.30. The van der Waals surface area contributed by atoms with E-state index >= 15 is 4.39 Å². The highest BCUT2D eigenvalue weighted by atomic mass is 19.1. The zero-order valence-electron chi connectivity index (χ0n) is 20.0. The molecule has 0 spiro atoms. The minimum absolute atomic E-state index is 0.288. The summed E-state index contributed by atoms with van der Waals surface area (Å²) in [7, 11) is 2.03. The predicted octanol–water partition coefficient (Wildman–Crippen LogP) is 8.17. The van der Waals surface area contributed by atoms with Crippen LogP contribution in [0.25, 0.3) is 55.4 Å². The van der Waals surface area contributed by atoms with E-state index in [1.165, 1.54) is 11.1 Å². The van der Waals surface area contributed by atoms with Gasteiger partial charge in [0.05, 0.1) is 11.1 Å². The molecule has 0 saturated carbocycles. The summed E-state index contributed by atoms with van der Waals surface area (Å²) in [6, 6.07) is 30.0. The standard InChI is InChI=1S/C32H25FNO/c1-20-8-4-5-9-24(20)22-12-14-23(15-13-22)30-27(33)18-17-26-25-16-11-21(2)29(31(25)35-32(26)30)28-10-6-7-19-34(28)3/h4-19H,1-3H3/q+1. The Hall–Kier alpha value is -4.24. The van der Waals surface area contributed by atoms with Gasteiger partial charge in [0, 0.05) is 22.9 Å². The molecule has 0 atom stereocenters. The predicted molar refractivity (Wildman–Crippen MR) is 141 cm³/mol. The monoisotopic (exact) mass is 458 g/mol. The molecule has 0 bridgehead atoms. The van der Waals surface area contributed by atoms with E-state index in [2.05, 4.69) is 60.9 Å². The number of pyridine rings is 1. The van der Waals surface area contributed by atoms with Crippen molar-refractivity contribution in [2.75, 3.05) is 0 Å². The number of benzene rings is 4. The minimum atomic E-state index is -0.288. The molecule has 0 fully saturated rings. The number of hydrogen-bond acceptors (Lipinski definition) is 1. The Kier molecular flexibility index (Phi) is 5.00. The molecule has 0 aliphatic rings. The van der Waals surface area contributed by atoms with Crippen LogP contribution < -0.4 is 4.57 Å². The van der Waals surface area contributed by atoms with Crippen LogP contribution >= 0.6 is 0 Å². The molecule has 6 rings (SSSR count). The third-order valence-electron chi connectivity index (χ3n) is 6.91. The number of rotatable bonds is 3. The molecule has 0 amide bonds. The molecule has 2 heterocycles. The van der Waals surface area contributed by atoms with Gasteiger partial charge < -0.3 is 4.42 Å². The van der Waals surface area contributed by atoms with Crippen molar-refractivity contribution >= 4 is 21.9 Å². The van der Waals surface area contributed by atoms with Gasteiger partial charge in [0.25, 0.3) is 0 Å². The number of nitrogens with zero attached hydrogens (tertiary/aromatic N) is 1. The second-order valence-electron chi connectivity index (χ2n) is 9.12. The van der Waals surface area contributed by atoms with Crippen molar-refractivity contribution < 1.29 is 13.4 Å². The molecule has 0 aliphatic heterocycles. The molecule has 0 radical (unpaired) electrons. The lowest BCUT2D eigenvalue weighted by atomic mass is 9.96. The van der Waals surface area contributed by atoms with Crippen LogP contribution in [0.15, 0.2) is 102 Å². The summed E-state index contributed by atoms with van der Waals surface area (Å²) < 4.78 is 23.9. The van der Waals surface area contributed by atoms with E-state index in [1.54, 1.807) is 6.07 Å². The van der Waals surface area contributed by atoms with Gasteiger partial charge in [0.15, 0.2) is 6.20 Å². The van der Waals surface area contributed by atoms with Crippen LogP contribution in [0.1, 0.15) is 11.1 Å². The third kappa shape index (κ3) is 3.43. The van der Waals surface area contributed by atoms with E-state index in [-0.39, 0.29) is 5.82 Å². The van der Waals surface area contributed by atoms with Crippen LogP contribution in [0.5, 0.6) is 0 Å². The number of halogens is 1. The van der Waals surface area contributed by atoms with Crippen LogP contribution in [-0.2, 0) is 7.05 Å². The first-order chi connectivity index (χ1) is 17.0. The van der Waals surface area contributed by atoms with E-state index in [0.717, 1.165) is 44.3 Å². The van der Waals surface area contributed by atoms with Crippen molar-refractivity contribution in [3.63, 3.8) is 0 Å². The Labute approximate surface area is 203 Å². The first kappa shape index (κ1) is 21.3. The fourth-order valence-corrected chi connectivity index (χ4v) is 5.06. The summed E-state index contributed by atoms with van der Waals surface area (Å²) in [6.07, 6.45) is 2.03. The Morgan fingerprint density at radius 2 is 1.29 bits per heavy atom. The molecular weight excluding hydrogens is 433 g/mol. The molecule has 0 saturated heterocycles. The van der Waals surface area contributed by atoms with Crippen molar-refractivity contribution in [1.82, 2.24) is 0 Å². The number of hydrogen-bond donors (Lipinski definition) is 0. The maximum absolute atomic E-state index is 15.3. The summed E-state index contributed by atoms with van der Waals surface area (Å²) in [5, 5.41) is 1.90. The van der Waals surface area contributed by atoms with Crippen molar-refractivity contribution in [3.05, 3.63) is 114 Å². The molecule has 0 unspecified atom stereocenters. The summed E-state index contributed by atoms with van der Waals surface area (Å²) in [6.45, 7) is 4.19. The van der Waals surface area contributed by atoms with Crippen LogP contribution in [0, 0.1) is 19.7 Å². The summed E-state index contributed by atoms with van der Waals surface area (Å²) >= 11 is 0. The van der Waals surface area contributed by atoms with Crippen LogP contribution in [0.4, 0.5) is 4.39 Å². The number of fused-ring (bicyclic) bond motifs is 3. The van der Waals surface area contributed by atoms with Gasteiger partial charge in [0.1, 0.15) is 24.0 Å². The number of aryl methyl sites for hydroxylation is 3. The van der Waals surface area contributed by atoms with Crippen molar-refractivity contribution in [2.45, 2.75) is 13.8 Å². The fourth-order valence-electron chi connectivity index (χ4n) is 5.06. The van der Waals surface area contributed by atoms with Gasteiger partial charge in [-0.25, -0.2) is 8.96 Å². The van der Waals surface area contributed by atoms with E-state index in [9.17, 15) is 0 Å². The molecule has 2 nitrogen and oxygen atoms in total. The lowest BCUT2D eigenvalue weighted by molar-refractivity contribution is -0.660. The van der Waals surface area contributed by atoms with Crippen molar-refractivity contribution in [2.24, 2.45) is 7.05 Å². The first-order valence-electron chi connectivity index (χ1n) is 11.8. The number of furan rings is 1. The van der Waals surface area contributed by atoms with Gasteiger partial charge in [-0.15, -0.1) is 0 Å². The van der Waals surface area contributed by atoms with Gasteiger partial charge in [-0.05, 0) is 59.9 Å². The lowest BCUT2D eigenvalue weighted by Gasteiger charge is -2.08.